The number of carbonyl (C=O) groups is 3. The van der Waals surface area contributed by atoms with Crippen LogP contribution in [0.3, 0.4) is 0 Å². The van der Waals surface area contributed by atoms with Crippen LogP contribution in [-0.2, 0) is 30.9 Å². The average Bonchev–Trinajstić information content (AvgIpc) is 3.17. The normalized spacial score (nSPS) is 11.1. The Labute approximate surface area is 167 Å². The van der Waals surface area contributed by atoms with Crippen molar-refractivity contribution in [1.29, 1.82) is 0 Å². The summed E-state index contributed by atoms with van der Waals surface area (Å²) in [5, 5.41) is 1.90. The number of nitrogens with one attached hydrogen (secondary N) is 1. The molecular formula is C18H20N2O6S2. The number of thiophene rings is 1. The van der Waals surface area contributed by atoms with Crippen LogP contribution in [0.1, 0.15) is 22.2 Å². The van der Waals surface area contributed by atoms with Gasteiger partial charge in [-0.3, -0.25) is 14.4 Å². The van der Waals surface area contributed by atoms with Gasteiger partial charge in [0, 0.05) is 17.5 Å². The number of hydrogen-bond acceptors (Lipinski definition) is 7. The van der Waals surface area contributed by atoms with Crippen molar-refractivity contribution in [2.45, 2.75) is 18.4 Å². The predicted molar refractivity (Wildman–Crippen MR) is 103 cm³/mol. The smallest absolute Gasteiger partial charge is 0.321 e. The van der Waals surface area contributed by atoms with Crippen LogP contribution in [0.15, 0.2) is 46.7 Å². The molecule has 2 aromatic rings. The zero-order valence-electron chi connectivity index (χ0n) is 15.4. The maximum absolute atomic E-state index is 12.2. The van der Waals surface area contributed by atoms with Crippen molar-refractivity contribution in [3.8, 4) is 0 Å². The van der Waals surface area contributed by atoms with Crippen LogP contribution in [0.5, 0.6) is 0 Å². The van der Waals surface area contributed by atoms with Crippen LogP contribution in [-0.4, -0.2) is 51.2 Å². The van der Waals surface area contributed by atoms with Crippen LogP contribution in [0.4, 0.5) is 0 Å². The first-order chi connectivity index (χ1) is 13.2. The largest absolute Gasteiger partial charge is 0.455 e. The van der Waals surface area contributed by atoms with Crippen molar-refractivity contribution < 1.29 is 27.5 Å². The fraction of sp³-hybridized carbons (Fsp3) is 0.278. The Bertz CT molecular complexity index is 937. The molecule has 1 aromatic carbocycles. The summed E-state index contributed by atoms with van der Waals surface area (Å²) in [4.78, 5) is 37.3. The van der Waals surface area contributed by atoms with Gasteiger partial charge in [0.15, 0.2) is 12.4 Å². The van der Waals surface area contributed by atoms with Gasteiger partial charge < -0.3 is 9.64 Å². The highest BCUT2D eigenvalue weighted by molar-refractivity contribution is 7.89. The third kappa shape index (κ3) is 6.25. The topological polar surface area (TPSA) is 110 Å². The number of hydrogen-bond donors (Lipinski definition) is 1. The first-order valence-electron chi connectivity index (χ1n) is 8.21. The number of carbonyl (C=O) groups excluding carboxylic acids is 3. The molecule has 0 fully saturated rings. The van der Waals surface area contributed by atoms with E-state index in [4.69, 9.17) is 4.74 Å². The summed E-state index contributed by atoms with van der Waals surface area (Å²) in [6, 6.07) is 9.08. The van der Waals surface area contributed by atoms with Gasteiger partial charge in [0.25, 0.3) is 5.91 Å². The average molecular weight is 425 g/mol. The van der Waals surface area contributed by atoms with E-state index >= 15 is 0 Å². The monoisotopic (exact) mass is 424 g/mol. The Hall–Kier alpha value is -2.56. The Balaban J connectivity index is 1.80. The number of rotatable bonds is 9. The van der Waals surface area contributed by atoms with Crippen molar-refractivity contribution in [2.24, 2.45) is 0 Å². The molecule has 0 aliphatic carbocycles. The van der Waals surface area contributed by atoms with Gasteiger partial charge in [0.1, 0.15) is 6.54 Å². The molecule has 0 aliphatic heterocycles. The van der Waals surface area contributed by atoms with E-state index in [1.165, 1.54) is 47.4 Å². The van der Waals surface area contributed by atoms with Gasteiger partial charge in [-0.25, -0.2) is 8.42 Å². The third-order valence-electron chi connectivity index (χ3n) is 3.73. The molecule has 0 aliphatic rings. The lowest BCUT2D eigenvalue weighted by molar-refractivity contribution is -0.150. The molecule has 0 atom stereocenters. The summed E-state index contributed by atoms with van der Waals surface area (Å²) in [6.07, 6.45) is 0. The van der Waals surface area contributed by atoms with Crippen molar-refractivity contribution in [1.82, 2.24) is 9.62 Å². The second-order valence-corrected chi connectivity index (χ2v) is 8.69. The van der Waals surface area contributed by atoms with E-state index < -0.39 is 35.1 Å². The lowest BCUT2D eigenvalue weighted by atomic mass is 10.2. The van der Waals surface area contributed by atoms with Gasteiger partial charge in [-0.1, -0.05) is 18.2 Å². The van der Waals surface area contributed by atoms with Crippen LogP contribution >= 0.6 is 11.3 Å². The third-order valence-corrected chi connectivity index (χ3v) is 6.01. The number of amides is 1. The number of nitrogens with zero attached hydrogens (tertiary/aromatic N) is 1. The predicted octanol–water partition coefficient (Wildman–Crippen LogP) is 1.43. The fourth-order valence-electron chi connectivity index (χ4n) is 2.13. The van der Waals surface area contributed by atoms with Crippen LogP contribution in [0.25, 0.3) is 0 Å². The molecule has 0 saturated carbocycles. The summed E-state index contributed by atoms with van der Waals surface area (Å²) in [5.41, 5.74) is 0.378. The van der Waals surface area contributed by atoms with E-state index in [2.05, 4.69) is 4.72 Å². The summed E-state index contributed by atoms with van der Waals surface area (Å²) in [7, 11) is -2.36. The van der Waals surface area contributed by atoms with Gasteiger partial charge in [0.05, 0.1) is 11.4 Å². The van der Waals surface area contributed by atoms with Crippen LogP contribution in [0.2, 0.25) is 0 Å². The molecule has 0 bridgehead atoms. The fourth-order valence-corrected chi connectivity index (χ4v) is 3.86. The number of sulfonamides is 1. The molecule has 2 rings (SSSR count). The summed E-state index contributed by atoms with van der Waals surface area (Å²) < 4.78 is 31.3. The standard InChI is InChI=1S/C18H20N2O6S2/c1-13(21)14-5-7-16(8-6-14)28(24,25)19-10-18(23)26-12-17(22)20(2)11-15-4-3-9-27-15/h3-9,19H,10-12H2,1-2H3. The Morgan fingerprint density at radius 3 is 2.39 bits per heavy atom. The number of Topliss-reactive ketones (excluding diaryl/α,β-unsaturated/α-hetero) is 1. The molecule has 1 amide bonds. The second-order valence-electron chi connectivity index (χ2n) is 5.89. The number of esters is 1. The minimum absolute atomic E-state index is 0.0861. The zero-order valence-corrected chi connectivity index (χ0v) is 17.0. The molecule has 8 nitrogen and oxygen atoms in total. The van der Waals surface area contributed by atoms with Crippen LogP contribution < -0.4 is 4.72 Å². The van der Waals surface area contributed by atoms with E-state index in [0.717, 1.165) is 4.88 Å². The molecule has 150 valence electrons. The Kier molecular flexibility index (Phi) is 7.44. The number of benzene rings is 1. The van der Waals surface area contributed by atoms with E-state index in [1.54, 1.807) is 7.05 Å². The van der Waals surface area contributed by atoms with Crippen molar-refractivity contribution in [3.63, 3.8) is 0 Å². The maximum Gasteiger partial charge on any atom is 0.321 e. The molecule has 1 heterocycles. The van der Waals surface area contributed by atoms with Gasteiger partial charge in [-0.2, -0.15) is 4.72 Å². The quantitative estimate of drug-likeness (QED) is 0.482. The molecule has 10 heteroatoms. The number of likely N-dealkylation sites (N-methyl/N-ethyl adjacent to an activating group) is 1. The van der Waals surface area contributed by atoms with Crippen LogP contribution in [0, 0.1) is 0 Å². The van der Waals surface area contributed by atoms with Crippen molar-refractivity contribution >= 4 is 39.0 Å². The molecule has 1 N–H and O–H groups in total. The van der Waals surface area contributed by atoms with Gasteiger partial charge in [0.2, 0.25) is 10.0 Å². The molecule has 0 spiro atoms. The molecule has 0 unspecified atom stereocenters. The highest BCUT2D eigenvalue weighted by Gasteiger charge is 2.18. The second kappa shape index (κ2) is 9.58. The lowest BCUT2D eigenvalue weighted by Crippen LogP contribution is -2.34. The Morgan fingerprint density at radius 1 is 1.14 bits per heavy atom. The zero-order chi connectivity index (χ0) is 20.7. The van der Waals surface area contributed by atoms with Gasteiger partial charge in [-0.15, -0.1) is 11.3 Å². The number of ketones is 1. The highest BCUT2D eigenvalue weighted by Crippen LogP contribution is 2.12. The van der Waals surface area contributed by atoms with E-state index in [9.17, 15) is 22.8 Å². The molecular weight excluding hydrogens is 404 g/mol. The van der Waals surface area contributed by atoms with E-state index in [1.807, 2.05) is 17.5 Å². The van der Waals surface area contributed by atoms with E-state index in [-0.39, 0.29) is 10.7 Å². The molecule has 0 saturated heterocycles. The number of ether oxygens (including phenoxy) is 1. The highest BCUT2D eigenvalue weighted by atomic mass is 32.2. The van der Waals surface area contributed by atoms with Gasteiger partial charge >= 0.3 is 5.97 Å². The minimum atomic E-state index is -3.94. The summed E-state index contributed by atoms with van der Waals surface area (Å²) >= 11 is 1.51. The van der Waals surface area contributed by atoms with E-state index in [0.29, 0.717) is 12.1 Å². The maximum atomic E-state index is 12.2. The van der Waals surface area contributed by atoms with Crippen molar-refractivity contribution in [2.75, 3.05) is 20.2 Å². The SMILES string of the molecule is CC(=O)c1ccc(S(=O)(=O)NCC(=O)OCC(=O)N(C)Cc2cccs2)cc1. The van der Waals surface area contributed by atoms with Crippen molar-refractivity contribution in [3.05, 3.63) is 52.2 Å². The Morgan fingerprint density at radius 2 is 1.82 bits per heavy atom. The minimum Gasteiger partial charge on any atom is -0.455 e. The first-order valence-corrected chi connectivity index (χ1v) is 10.6. The lowest BCUT2D eigenvalue weighted by Gasteiger charge is -2.16. The molecule has 28 heavy (non-hydrogen) atoms. The summed E-state index contributed by atoms with van der Waals surface area (Å²) in [5.74, 6) is -1.46. The first kappa shape index (κ1) is 21.7. The molecule has 1 aromatic heterocycles. The van der Waals surface area contributed by atoms with Gasteiger partial charge in [-0.05, 0) is 30.5 Å². The molecule has 0 radical (unpaired) electrons. The summed E-state index contributed by atoms with van der Waals surface area (Å²) in [6.45, 7) is 0.683.